The molecule has 18 heavy (non-hydrogen) atoms. The summed E-state index contributed by atoms with van der Waals surface area (Å²) in [7, 11) is 0. The lowest BCUT2D eigenvalue weighted by Crippen LogP contribution is -2.39. The maximum atomic E-state index is 11.3. The van der Waals surface area contributed by atoms with Crippen LogP contribution in [0.5, 0.6) is 0 Å². The average Bonchev–Trinajstić information content (AvgIpc) is 2.85. The van der Waals surface area contributed by atoms with Crippen molar-refractivity contribution in [1.82, 2.24) is 10.3 Å². The second-order valence-electron chi connectivity index (χ2n) is 4.58. The van der Waals surface area contributed by atoms with E-state index >= 15 is 0 Å². The Bertz CT molecular complexity index is 578. The number of piperidine rings is 1. The van der Waals surface area contributed by atoms with Gasteiger partial charge in [0.05, 0.1) is 12.2 Å². The highest BCUT2D eigenvalue weighted by Gasteiger charge is 2.32. The van der Waals surface area contributed by atoms with Crippen molar-refractivity contribution in [2.75, 3.05) is 13.1 Å². The minimum absolute atomic E-state index is 0.0250. The van der Waals surface area contributed by atoms with Crippen molar-refractivity contribution in [2.24, 2.45) is 5.92 Å². The van der Waals surface area contributed by atoms with Crippen LogP contribution in [0.15, 0.2) is 28.9 Å². The highest BCUT2D eigenvalue weighted by Crippen LogP contribution is 2.30. The van der Waals surface area contributed by atoms with Gasteiger partial charge in [-0.3, -0.25) is 4.79 Å². The minimum atomic E-state index is -0.763. The van der Waals surface area contributed by atoms with E-state index in [9.17, 15) is 9.90 Å². The van der Waals surface area contributed by atoms with Crippen LogP contribution in [0.2, 0.25) is 0 Å². The number of hydrogen-bond donors (Lipinski definition) is 2. The Kier molecular flexibility index (Phi) is 2.76. The molecule has 1 saturated heterocycles. The summed E-state index contributed by atoms with van der Waals surface area (Å²) in [4.78, 5) is 15.8. The Labute approximate surface area is 104 Å². The van der Waals surface area contributed by atoms with Crippen LogP contribution in [0.3, 0.4) is 0 Å². The largest absolute Gasteiger partial charge is 0.481 e. The van der Waals surface area contributed by atoms with Gasteiger partial charge in [0.25, 0.3) is 0 Å². The lowest BCUT2D eigenvalue weighted by Gasteiger charge is -2.28. The van der Waals surface area contributed by atoms with E-state index < -0.39 is 11.9 Å². The van der Waals surface area contributed by atoms with E-state index in [0.717, 1.165) is 29.8 Å². The molecular formula is C13H14N2O3. The lowest BCUT2D eigenvalue weighted by atomic mass is 9.83. The fraction of sp³-hybridized carbons (Fsp3) is 0.385. The third-order valence-electron chi connectivity index (χ3n) is 3.51. The summed E-state index contributed by atoms with van der Waals surface area (Å²) in [5, 5.41) is 12.4. The third-order valence-corrected chi connectivity index (χ3v) is 3.51. The van der Waals surface area contributed by atoms with E-state index in [1.807, 2.05) is 12.1 Å². The van der Waals surface area contributed by atoms with E-state index in [1.54, 1.807) is 12.3 Å². The maximum absolute atomic E-state index is 11.3. The topological polar surface area (TPSA) is 75.4 Å². The molecule has 2 atom stereocenters. The second-order valence-corrected chi connectivity index (χ2v) is 4.58. The summed E-state index contributed by atoms with van der Waals surface area (Å²) in [5.74, 6) is -1.19. The number of carboxylic acids is 1. The van der Waals surface area contributed by atoms with E-state index in [2.05, 4.69) is 10.3 Å². The van der Waals surface area contributed by atoms with E-state index in [1.165, 1.54) is 0 Å². The summed E-state index contributed by atoms with van der Waals surface area (Å²) >= 11 is 0. The van der Waals surface area contributed by atoms with Crippen LogP contribution in [-0.4, -0.2) is 29.1 Å². The molecule has 3 rings (SSSR count). The number of nitrogens with one attached hydrogen (secondary N) is 1. The van der Waals surface area contributed by atoms with Crippen LogP contribution in [0, 0.1) is 5.92 Å². The molecule has 0 amide bonds. The summed E-state index contributed by atoms with van der Waals surface area (Å²) in [6, 6.07) is 5.53. The van der Waals surface area contributed by atoms with Gasteiger partial charge in [0.2, 0.25) is 0 Å². The number of carbonyl (C=O) groups is 1. The third kappa shape index (κ3) is 1.86. The number of hydrogen-bond acceptors (Lipinski definition) is 4. The lowest BCUT2D eigenvalue weighted by molar-refractivity contribution is -0.143. The van der Waals surface area contributed by atoms with Crippen molar-refractivity contribution < 1.29 is 14.3 Å². The first-order valence-electron chi connectivity index (χ1n) is 6.03. The molecule has 1 aliphatic heterocycles. The first-order chi connectivity index (χ1) is 8.75. The Hall–Kier alpha value is -1.88. The molecule has 0 radical (unpaired) electrons. The van der Waals surface area contributed by atoms with Crippen LogP contribution in [0.1, 0.15) is 18.0 Å². The Morgan fingerprint density at radius 2 is 2.33 bits per heavy atom. The Balaban J connectivity index is 1.97. The van der Waals surface area contributed by atoms with Gasteiger partial charge in [-0.1, -0.05) is 0 Å². The van der Waals surface area contributed by atoms with Crippen LogP contribution in [0.25, 0.3) is 11.1 Å². The molecule has 94 valence electrons. The maximum Gasteiger partial charge on any atom is 0.308 e. The van der Waals surface area contributed by atoms with Crippen molar-refractivity contribution in [2.45, 2.75) is 12.3 Å². The molecule has 5 nitrogen and oxygen atoms in total. The molecule has 2 unspecified atom stereocenters. The van der Waals surface area contributed by atoms with E-state index in [4.69, 9.17) is 4.42 Å². The molecule has 0 saturated carbocycles. The zero-order valence-corrected chi connectivity index (χ0v) is 9.80. The van der Waals surface area contributed by atoms with Crippen molar-refractivity contribution in [1.29, 1.82) is 0 Å². The van der Waals surface area contributed by atoms with Crippen molar-refractivity contribution in [3.8, 4) is 0 Å². The number of pyridine rings is 1. The van der Waals surface area contributed by atoms with Gasteiger partial charge in [0.1, 0.15) is 5.52 Å². The molecule has 0 aromatic carbocycles. The molecule has 1 aliphatic rings. The Morgan fingerprint density at radius 1 is 1.44 bits per heavy atom. The summed E-state index contributed by atoms with van der Waals surface area (Å²) in [6.45, 7) is 1.34. The summed E-state index contributed by atoms with van der Waals surface area (Å²) in [6.07, 6.45) is 2.39. The van der Waals surface area contributed by atoms with E-state index in [-0.39, 0.29) is 5.92 Å². The van der Waals surface area contributed by atoms with Crippen molar-refractivity contribution in [3.05, 3.63) is 30.2 Å². The molecule has 5 heteroatoms. The minimum Gasteiger partial charge on any atom is -0.481 e. The SMILES string of the molecule is O=C(O)C1CNCCC1c1ccc2occc2n1. The molecule has 2 N–H and O–H groups in total. The van der Waals surface area contributed by atoms with Crippen molar-refractivity contribution in [3.63, 3.8) is 0 Å². The molecule has 1 fully saturated rings. The van der Waals surface area contributed by atoms with Gasteiger partial charge < -0.3 is 14.8 Å². The molecular weight excluding hydrogens is 232 g/mol. The highest BCUT2D eigenvalue weighted by atomic mass is 16.4. The van der Waals surface area contributed by atoms with Gasteiger partial charge in [-0.15, -0.1) is 0 Å². The molecule has 0 spiro atoms. The highest BCUT2D eigenvalue weighted by molar-refractivity contribution is 5.74. The fourth-order valence-electron chi connectivity index (χ4n) is 2.55. The van der Waals surface area contributed by atoms with Gasteiger partial charge in [-0.25, -0.2) is 4.98 Å². The number of furan rings is 1. The summed E-state index contributed by atoms with van der Waals surface area (Å²) in [5.41, 5.74) is 2.37. The van der Waals surface area contributed by atoms with E-state index in [0.29, 0.717) is 6.54 Å². The molecule has 3 heterocycles. The first-order valence-corrected chi connectivity index (χ1v) is 6.03. The molecule has 2 aromatic rings. The van der Waals surface area contributed by atoms with Crippen LogP contribution in [0.4, 0.5) is 0 Å². The van der Waals surface area contributed by atoms with Gasteiger partial charge >= 0.3 is 5.97 Å². The summed E-state index contributed by atoms with van der Waals surface area (Å²) < 4.78 is 5.24. The zero-order chi connectivity index (χ0) is 12.5. The molecule has 0 aliphatic carbocycles. The Morgan fingerprint density at radius 3 is 3.17 bits per heavy atom. The van der Waals surface area contributed by atoms with Gasteiger partial charge in [-0.2, -0.15) is 0 Å². The van der Waals surface area contributed by atoms with Crippen LogP contribution >= 0.6 is 0 Å². The number of fused-ring (bicyclic) bond motifs is 1. The van der Waals surface area contributed by atoms with Gasteiger partial charge in [0, 0.05) is 24.2 Å². The number of nitrogens with zero attached hydrogens (tertiary/aromatic N) is 1. The standard InChI is InChI=1S/C13H14N2O3/c16-13(17)9-7-14-5-3-8(9)10-1-2-12-11(15-10)4-6-18-12/h1-2,4,6,8-9,14H,3,5,7H2,(H,16,17). The van der Waals surface area contributed by atoms with Crippen LogP contribution < -0.4 is 5.32 Å². The van der Waals surface area contributed by atoms with Crippen molar-refractivity contribution >= 4 is 17.1 Å². The number of aromatic nitrogens is 1. The normalized spacial score (nSPS) is 24.2. The fourth-order valence-corrected chi connectivity index (χ4v) is 2.55. The predicted molar refractivity (Wildman–Crippen MR) is 65.4 cm³/mol. The number of rotatable bonds is 2. The smallest absolute Gasteiger partial charge is 0.308 e. The zero-order valence-electron chi connectivity index (χ0n) is 9.80. The first kappa shape index (κ1) is 11.2. The predicted octanol–water partition coefficient (Wildman–Crippen LogP) is 1.61. The monoisotopic (exact) mass is 246 g/mol. The number of aliphatic carboxylic acids is 1. The quantitative estimate of drug-likeness (QED) is 0.841. The van der Waals surface area contributed by atoms with Gasteiger partial charge in [-0.05, 0) is 25.1 Å². The number of carboxylic acid groups (broad SMARTS) is 1. The van der Waals surface area contributed by atoms with Gasteiger partial charge in [0.15, 0.2) is 5.58 Å². The van der Waals surface area contributed by atoms with Crippen LogP contribution in [-0.2, 0) is 4.79 Å². The molecule has 0 bridgehead atoms. The molecule has 2 aromatic heterocycles. The average molecular weight is 246 g/mol. The second kappa shape index (κ2) is 4.42.